The molecular formula is C14H18F2N2O. The molecule has 1 amide bonds. The van der Waals surface area contributed by atoms with Gasteiger partial charge in [-0.05, 0) is 38.4 Å². The number of hydrogen-bond donors (Lipinski definition) is 1. The van der Waals surface area contributed by atoms with Crippen LogP contribution >= 0.6 is 0 Å². The lowest BCUT2D eigenvalue weighted by Crippen LogP contribution is -2.42. The van der Waals surface area contributed by atoms with Gasteiger partial charge < -0.3 is 5.32 Å². The van der Waals surface area contributed by atoms with Gasteiger partial charge in [-0.1, -0.05) is 6.42 Å². The van der Waals surface area contributed by atoms with Crippen molar-refractivity contribution in [1.29, 1.82) is 0 Å². The number of hydrogen-bond acceptors (Lipinski definition) is 2. The second-order valence-electron chi connectivity index (χ2n) is 4.99. The summed E-state index contributed by atoms with van der Waals surface area (Å²) >= 11 is 0. The summed E-state index contributed by atoms with van der Waals surface area (Å²) in [7, 11) is 0. The fraction of sp³-hybridized carbons (Fsp3) is 0.500. The van der Waals surface area contributed by atoms with Crippen molar-refractivity contribution < 1.29 is 13.6 Å². The third-order valence-corrected chi connectivity index (χ3v) is 3.49. The van der Waals surface area contributed by atoms with Gasteiger partial charge >= 0.3 is 0 Å². The minimum absolute atomic E-state index is 0.195. The van der Waals surface area contributed by atoms with Gasteiger partial charge in [-0.25, -0.2) is 8.78 Å². The Morgan fingerprint density at radius 3 is 2.84 bits per heavy atom. The Hall–Kier alpha value is -1.49. The highest BCUT2D eigenvalue weighted by molar-refractivity contribution is 5.92. The minimum atomic E-state index is -0.954. The van der Waals surface area contributed by atoms with Gasteiger partial charge in [0, 0.05) is 17.8 Å². The largest absolute Gasteiger partial charge is 0.325 e. The number of piperidine rings is 1. The highest BCUT2D eigenvalue weighted by atomic mass is 19.2. The van der Waals surface area contributed by atoms with Crippen LogP contribution in [0.3, 0.4) is 0 Å². The maximum Gasteiger partial charge on any atom is 0.238 e. The second-order valence-corrected chi connectivity index (χ2v) is 4.99. The van der Waals surface area contributed by atoms with Gasteiger partial charge in [-0.15, -0.1) is 0 Å². The van der Waals surface area contributed by atoms with Gasteiger partial charge in [0.1, 0.15) is 0 Å². The SMILES string of the molecule is C[C@H]1CCCCN1CC(=O)Nc1ccc(F)c(F)c1. The summed E-state index contributed by atoms with van der Waals surface area (Å²) in [6, 6.07) is 3.75. The maximum atomic E-state index is 13.0. The number of nitrogens with one attached hydrogen (secondary N) is 1. The molecule has 0 unspecified atom stereocenters. The van der Waals surface area contributed by atoms with Crippen LogP contribution in [0, 0.1) is 11.6 Å². The molecule has 1 aliphatic heterocycles. The quantitative estimate of drug-likeness (QED) is 0.914. The predicted molar refractivity (Wildman–Crippen MR) is 69.9 cm³/mol. The molecule has 19 heavy (non-hydrogen) atoms. The van der Waals surface area contributed by atoms with Crippen molar-refractivity contribution in [1.82, 2.24) is 4.90 Å². The number of carbonyl (C=O) groups is 1. The molecule has 1 aromatic rings. The summed E-state index contributed by atoms with van der Waals surface area (Å²) < 4.78 is 25.8. The van der Waals surface area contributed by atoms with Gasteiger partial charge in [0.2, 0.25) is 5.91 Å². The number of halogens is 2. The summed E-state index contributed by atoms with van der Waals surface area (Å²) in [6.45, 7) is 3.30. The van der Waals surface area contributed by atoms with Crippen molar-refractivity contribution >= 4 is 11.6 Å². The Bertz CT molecular complexity index is 465. The van der Waals surface area contributed by atoms with E-state index in [-0.39, 0.29) is 11.6 Å². The van der Waals surface area contributed by atoms with Crippen LogP contribution in [0.5, 0.6) is 0 Å². The Morgan fingerprint density at radius 2 is 2.16 bits per heavy atom. The Balaban J connectivity index is 1.91. The number of nitrogens with zero attached hydrogens (tertiary/aromatic N) is 1. The Kier molecular flexibility index (Phi) is 4.47. The average molecular weight is 268 g/mol. The molecule has 1 saturated heterocycles. The van der Waals surface area contributed by atoms with Crippen LogP contribution in [0.2, 0.25) is 0 Å². The lowest BCUT2D eigenvalue weighted by Gasteiger charge is -2.32. The van der Waals surface area contributed by atoms with Crippen molar-refractivity contribution in [3.63, 3.8) is 0 Å². The van der Waals surface area contributed by atoms with Crippen molar-refractivity contribution in [2.75, 3.05) is 18.4 Å². The van der Waals surface area contributed by atoms with Crippen molar-refractivity contribution in [2.45, 2.75) is 32.2 Å². The Morgan fingerprint density at radius 1 is 1.37 bits per heavy atom. The van der Waals surface area contributed by atoms with Crippen LogP contribution in [0.1, 0.15) is 26.2 Å². The van der Waals surface area contributed by atoms with Gasteiger partial charge in [-0.3, -0.25) is 9.69 Å². The molecule has 1 aliphatic rings. The van der Waals surface area contributed by atoms with E-state index < -0.39 is 11.6 Å². The van der Waals surface area contributed by atoms with Crippen LogP contribution in [-0.4, -0.2) is 29.9 Å². The highest BCUT2D eigenvalue weighted by Crippen LogP contribution is 2.17. The highest BCUT2D eigenvalue weighted by Gasteiger charge is 2.20. The first kappa shape index (κ1) is 13.9. The first-order chi connectivity index (χ1) is 9.06. The van der Waals surface area contributed by atoms with E-state index in [0.29, 0.717) is 12.6 Å². The lowest BCUT2D eigenvalue weighted by molar-refractivity contribution is -0.118. The van der Waals surface area contributed by atoms with E-state index in [1.807, 2.05) is 0 Å². The zero-order valence-electron chi connectivity index (χ0n) is 11.0. The maximum absolute atomic E-state index is 13.0. The number of carbonyl (C=O) groups excluding carboxylic acids is 1. The summed E-state index contributed by atoms with van der Waals surface area (Å²) in [5.74, 6) is -2.06. The topological polar surface area (TPSA) is 32.3 Å². The molecule has 1 atom stereocenters. The molecule has 0 radical (unpaired) electrons. The summed E-state index contributed by atoms with van der Waals surface area (Å²) in [6.07, 6.45) is 3.39. The number of amides is 1. The number of rotatable bonds is 3. The van der Waals surface area contributed by atoms with Crippen LogP contribution in [0.4, 0.5) is 14.5 Å². The van der Waals surface area contributed by atoms with E-state index in [2.05, 4.69) is 17.1 Å². The Labute approximate surface area is 111 Å². The molecule has 0 aromatic heterocycles. The molecule has 1 aromatic carbocycles. The molecule has 0 aliphatic carbocycles. The minimum Gasteiger partial charge on any atom is -0.325 e. The van der Waals surface area contributed by atoms with Crippen molar-refractivity contribution in [3.05, 3.63) is 29.8 Å². The van der Waals surface area contributed by atoms with Crippen LogP contribution in [0.15, 0.2) is 18.2 Å². The molecule has 1 fully saturated rings. The third kappa shape index (κ3) is 3.73. The zero-order valence-corrected chi connectivity index (χ0v) is 11.0. The molecule has 0 saturated carbocycles. The van der Waals surface area contributed by atoms with Crippen molar-refractivity contribution in [3.8, 4) is 0 Å². The number of anilines is 1. The summed E-state index contributed by atoms with van der Waals surface area (Å²) in [5.41, 5.74) is 0.286. The first-order valence-corrected chi connectivity index (χ1v) is 6.55. The monoisotopic (exact) mass is 268 g/mol. The van der Waals surface area contributed by atoms with Gasteiger partial charge in [0.25, 0.3) is 0 Å². The summed E-state index contributed by atoms with van der Waals surface area (Å²) in [5, 5.41) is 2.59. The van der Waals surface area contributed by atoms with Crippen molar-refractivity contribution in [2.24, 2.45) is 0 Å². The molecule has 5 heteroatoms. The molecule has 0 bridgehead atoms. The standard InChI is InChI=1S/C14H18F2N2O/c1-10-4-2-3-7-18(10)9-14(19)17-11-5-6-12(15)13(16)8-11/h5-6,8,10H,2-4,7,9H2,1H3,(H,17,19)/t10-/m0/s1. The fourth-order valence-corrected chi connectivity index (χ4v) is 2.35. The molecule has 104 valence electrons. The van der Waals surface area contributed by atoms with Gasteiger partial charge in [0.15, 0.2) is 11.6 Å². The average Bonchev–Trinajstić information content (AvgIpc) is 2.37. The van der Waals surface area contributed by atoms with E-state index in [1.54, 1.807) is 0 Å². The van der Waals surface area contributed by atoms with Gasteiger partial charge in [0.05, 0.1) is 6.54 Å². The van der Waals surface area contributed by atoms with Crippen LogP contribution in [-0.2, 0) is 4.79 Å². The predicted octanol–water partition coefficient (Wildman–Crippen LogP) is 2.78. The molecule has 3 nitrogen and oxygen atoms in total. The van der Waals surface area contributed by atoms with E-state index in [1.165, 1.54) is 12.5 Å². The fourth-order valence-electron chi connectivity index (χ4n) is 2.35. The second kappa shape index (κ2) is 6.10. The van der Waals surface area contributed by atoms with E-state index in [0.717, 1.165) is 31.5 Å². The molecule has 1 heterocycles. The molecular weight excluding hydrogens is 250 g/mol. The first-order valence-electron chi connectivity index (χ1n) is 6.55. The number of benzene rings is 1. The molecule has 0 spiro atoms. The van der Waals surface area contributed by atoms with E-state index in [9.17, 15) is 13.6 Å². The third-order valence-electron chi connectivity index (χ3n) is 3.49. The van der Waals surface area contributed by atoms with E-state index >= 15 is 0 Å². The zero-order chi connectivity index (χ0) is 13.8. The smallest absolute Gasteiger partial charge is 0.238 e. The summed E-state index contributed by atoms with van der Waals surface area (Å²) in [4.78, 5) is 14.0. The van der Waals surface area contributed by atoms with Crippen LogP contribution < -0.4 is 5.32 Å². The van der Waals surface area contributed by atoms with Gasteiger partial charge in [-0.2, -0.15) is 0 Å². The lowest BCUT2D eigenvalue weighted by atomic mass is 10.0. The molecule has 1 N–H and O–H groups in total. The van der Waals surface area contributed by atoms with E-state index in [4.69, 9.17) is 0 Å². The molecule has 2 rings (SSSR count). The van der Waals surface area contributed by atoms with Crippen LogP contribution in [0.25, 0.3) is 0 Å². The number of likely N-dealkylation sites (tertiary alicyclic amines) is 1. The normalized spacial score (nSPS) is 20.3.